The second kappa shape index (κ2) is 8.00. The van der Waals surface area contributed by atoms with E-state index in [2.05, 4.69) is 15.9 Å². The van der Waals surface area contributed by atoms with Crippen molar-refractivity contribution in [3.8, 4) is 0 Å². The van der Waals surface area contributed by atoms with Crippen molar-refractivity contribution in [3.05, 3.63) is 94.5 Å². The number of rotatable bonds is 3. The van der Waals surface area contributed by atoms with E-state index < -0.39 is 47.3 Å². The minimum absolute atomic E-state index is 0.489. The van der Waals surface area contributed by atoms with Crippen LogP contribution in [0.5, 0.6) is 0 Å². The maximum atomic E-state index is 13.6. The molecule has 0 N–H and O–H groups in total. The molecule has 0 aromatic heterocycles. The zero-order valence-corrected chi connectivity index (χ0v) is 18.5. The maximum absolute atomic E-state index is 13.6. The first-order valence-electron chi connectivity index (χ1n) is 10.1. The fraction of sp³-hybridized carbons (Fsp3) is 0.167. The number of fused-ring (bicyclic) bond motifs is 1. The van der Waals surface area contributed by atoms with Crippen molar-refractivity contribution in [2.75, 3.05) is 9.96 Å². The SMILES string of the molecule is O=C1[C@H]2[C@@H](ON(c3ccccc3)[C@H]2c2cccc(Br)c2)C(=O)N1c1ccccc1C(F)(F)F. The molecule has 0 unspecified atom stereocenters. The number of carbonyl (C=O) groups is 2. The van der Waals surface area contributed by atoms with Crippen LogP contribution in [0.25, 0.3) is 0 Å². The number of imide groups is 1. The van der Waals surface area contributed by atoms with E-state index in [1.807, 2.05) is 12.1 Å². The van der Waals surface area contributed by atoms with Gasteiger partial charge in [-0.15, -0.1) is 0 Å². The number of alkyl halides is 3. The van der Waals surface area contributed by atoms with Crippen molar-refractivity contribution >= 4 is 39.1 Å². The summed E-state index contributed by atoms with van der Waals surface area (Å²) in [7, 11) is 0. The molecule has 3 aromatic carbocycles. The number of benzene rings is 3. The Kier molecular flexibility index (Phi) is 5.25. The Morgan fingerprint density at radius 2 is 1.55 bits per heavy atom. The molecule has 0 radical (unpaired) electrons. The van der Waals surface area contributed by atoms with Gasteiger partial charge in [0.05, 0.1) is 23.0 Å². The van der Waals surface area contributed by atoms with Crippen LogP contribution in [0.1, 0.15) is 17.2 Å². The number of halogens is 4. The summed E-state index contributed by atoms with van der Waals surface area (Å²) in [5.74, 6) is -2.57. The average Bonchev–Trinajstić information content (AvgIpc) is 3.30. The minimum Gasteiger partial charge on any atom is -0.273 e. The number of anilines is 2. The molecule has 5 nitrogen and oxygen atoms in total. The molecular weight excluding hydrogens is 501 g/mol. The van der Waals surface area contributed by atoms with Crippen LogP contribution in [-0.4, -0.2) is 17.9 Å². The number of nitrogens with zero attached hydrogens (tertiary/aromatic N) is 2. The smallest absolute Gasteiger partial charge is 0.273 e. The largest absolute Gasteiger partial charge is 0.418 e. The number of para-hydroxylation sites is 2. The van der Waals surface area contributed by atoms with Crippen molar-refractivity contribution in [1.82, 2.24) is 0 Å². The summed E-state index contributed by atoms with van der Waals surface area (Å²) in [5, 5.41) is 1.50. The highest BCUT2D eigenvalue weighted by Gasteiger charge is 2.61. The quantitative estimate of drug-likeness (QED) is 0.430. The highest BCUT2D eigenvalue weighted by atomic mass is 79.9. The number of carbonyl (C=O) groups excluding carboxylic acids is 2. The van der Waals surface area contributed by atoms with Crippen LogP contribution < -0.4 is 9.96 Å². The first-order chi connectivity index (χ1) is 15.8. The lowest BCUT2D eigenvalue weighted by molar-refractivity contribution is -0.137. The Bertz CT molecular complexity index is 1230. The molecule has 2 amide bonds. The maximum Gasteiger partial charge on any atom is 0.418 e. The predicted molar refractivity (Wildman–Crippen MR) is 118 cm³/mol. The number of hydrogen-bond acceptors (Lipinski definition) is 4. The van der Waals surface area contributed by atoms with E-state index in [4.69, 9.17) is 4.84 Å². The summed E-state index contributed by atoms with van der Waals surface area (Å²) in [6.07, 6.45) is -5.97. The Labute approximate surface area is 195 Å². The van der Waals surface area contributed by atoms with Crippen molar-refractivity contribution in [2.45, 2.75) is 18.3 Å². The van der Waals surface area contributed by atoms with E-state index in [9.17, 15) is 22.8 Å². The molecule has 5 rings (SSSR count). The summed E-state index contributed by atoms with van der Waals surface area (Å²) in [4.78, 5) is 33.4. The van der Waals surface area contributed by atoms with Gasteiger partial charge in [0.25, 0.3) is 5.91 Å². The van der Waals surface area contributed by atoms with Crippen molar-refractivity contribution in [3.63, 3.8) is 0 Å². The van der Waals surface area contributed by atoms with Crippen LogP contribution in [0.15, 0.2) is 83.3 Å². The van der Waals surface area contributed by atoms with Crippen LogP contribution in [0, 0.1) is 5.92 Å². The van der Waals surface area contributed by atoms with Crippen LogP contribution in [0.3, 0.4) is 0 Å². The molecule has 0 saturated carbocycles. The lowest BCUT2D eigenvalue weighted by Gasteiger charge is -2.29. The van der Waals surface area contributed by atoms with Crippen LogP contribution in [-0.2, 0) is 20.6 Å². The second-order valence-corrected chi connectivity index (χ2v) is 8.66. The van der Waals surface area contributed by atoms with E-state index in [-0.39, 0.29) is 0 Å². The first kappa shape index (κ1) is 21.7. The van der Waals surface area contributed by atoms with Gasteiger partial charge in [-0.25, -0.2) is 9.96 Å². The lowest BCUT2D eigenvalue weighted by atomic mass is 9.90. The molecule has 9 heteroatoms. The Morgan fingerprint density at radius 3 is 2.24 bits per heavy atom. The van der Waals surface area contributed by atoms with Gasteiger partial charge in [0.1, 0.15) is 5.92 Å². The van der Waals surface area contributed by atoms with Gasteiger partial charge in [0.2, 0.25) is 5.91 Å². The topological polar surface area (TPSA) is 49.9 Å². The zero-order chi connectivity index (χ0) is 23.3. The summed E-state index contributed by atoms with van der Waals surface area (Å²) in [6, 6.07) is 20.0. The molecule has 0 aliphatic carbocycles. The highest BCUT2D eigenvalue weighted by molar-refractivity contribution is 9.10. The Morgan fingerprint density at radius 1 is 0.848 bits per heavy atom. The van der Waals surface area contributed by atoms with E-state index in [0.29, 0.717) is 16.2 Å². The lowest BCUT2D eigenvalue weighted by Crippen LogP contribution is -2.38. The molecule has 3 atom stereocenters. The third-order valence-corrected chi connectivity index (χ3v) is 6.26. The van der Waals surface area contributed by atoms with Gasteiger partial charge >= 0.3 is 6.18 Å². The van der Waals surface area contributed by atoms with Gasteiger partial charge in [0, 0.05) is 4.47 Å². The molecule has 3 aromatic rings. The number of hydrogen-bond donors (Lipinski definition) is 0. The average molecular weight is 517 g/mol. The molecule has 2 fully saturated rings. The fourth-order valence-corrected chi connectivity index (χ4v) is 4.81. The van der Waals surface area contributed by atoms with E-state index >= 15 is 0 Å². The summed E-state index contributed by atoms with van der Waals surface area (Å²) >= 11 is 3.42. The van der Waals surface area contributed by atoms with E-state index in [1.54, 1.807) is 42.5 Å². The second-order valence-electron chi connectivity index (χ2n) is 7.74. The molecule has 33 heavy (non-hydrogen) atoms. The molecule has 2 saturated heterocycles. The summed E-state index contributed by atoms with van der Waals surface area (Å²) in [5.41, 5.74) is -0.226. The highest BCUT2D eigenvalue weighted by Crippen LogP contribution is 2.49. The van der Waals surface area contributed by atoms with E-state index in [1.165, 1.54) is 17.2 Å². The zero-order valence-electron chi connectivity index (χ0n) is 16.9. The van der Waals surface area contributed by atoms with Crippen LogP contribution >= 0.6 is 15.9 Å². The third-order valence-electron chi connectivity index (χ3n) is 5.77. The molecule has 0 bridgehead atoms. The van der Waals surface area contributed by atoms with Crippen molar-refractivity contribution in [1.29, 1.82) is 0 Å². The fourth-order valence-electron chi connectivity index (χ4n) is 4.39. The molecule has 2 aliphatic rings. The van der Waals surface area contributed by atoms with Gasteiger partial charge in [-0.2, -0.15) is 13.2 Å². The Hall–Kier alpha value is -3.17. The molecule has 2 heterocycles. The third kappa shape index (κ3) is 3.61. The predicted octanol–water partition coefficient (Wildman–Crippen LogP) is 5.52. The van der Waals surface area contributed by atoms with Gasteiger partial charge in [-0.05, 0) is 42.0 Å². The van der Waals surface area contributed by atoms with Gasteiger partial charge in [-0.3, -0.25) is 14.4 Å². The minimum atomic E-state index is -4.73. The summed E-state index contributed by atoms with van der Waals surface area (Å²) < 4.78 is 41.6. The molecular formula is C24H16BrF3N2O3. The van der Waals surface area contributed by atoms with E-state index in [0.717, 1.165) is 16.6 Å². The van der Waals surface area contributed by atoms with Crippen LogP contribution in [0.2, 0.25) is 0 Å². The summed E-state index contributed by atoms with van der Waals surface area (Å²) in [6.45, 7) is 0. The van der Waals surface area contributed by atoms with Gasteiger partial charge in [0.15, 0.2) is 6.10 Å². The number of amides is 2. The molecule has 0 spiro atoms. The monoisotopic (exact) mass is 516 g/mol. The first-order valence-corrected chi connectivity index (χ1v) is 10.9. The number of hydroxylamine groups is 1. The normalized spacial score (nSPS) is 22.7. The van der Waals surface area contributed by atoms with Gasteiger partial charge < -0.3 is 0 Å². The van der Waals surface area contributed by atoms with Gasteiger partial charge in [-0.1, -0.05) is 58.4 Å². The van der Waals surface area contributed by atoms with Crippen LogP contribution in [0.4, 0.5) is 24.5 Å². The Balaban J connectivity index is 1.61. The van der Waals surface area contributed by atoms with Crippen molar-refractivity contribution < 1.29 is 27.6 Å². The molecule has 168 valence electrons. The van der Waals surface area contributed by atoms with Crippen molar-refractivity contribution in [2.24, 2.45) is 5.92 Å². The molecule has 2 aliphatic heterocycles. The standard InChI is InChI=1S/C24H16BrF3N2O3/c25-15-8-6-7-14(13-15)20-19-21(33-30(20)16-9-2-1-3-10-16)23(32)29(22(19)31)18-12-5-4-11-17(18)24(26,27)28/h1-13,19-21H/t19-,20+,21-/m1/s1.